The molecule has 3 N–H and O–H groups in total. The lowest BCUT2D eigenvalue weighted by Gasteiger charge is -2.35. The Labute approximate surface area is 93.8 Å². The second kappa shape index (κ2) is 4.13. The Kier molecular flexibility index (Phi) is 2.82. The van der Waals surface area contributed by atoms with Gasteiger partial charge in [0, 0.05) is 13.1 Å². The smallest absolute Gasteiger partial charge is 0.259 e. The maximum atomic E-state index is 12.1. The van der Waals surface area contributed by atoms with Gasteiger partial charge < -0.3 is 15.4 Å². The fourth-order valence-corrected chi connectivity index (χ4v) is 1.98. The van der Waals surface area contributed by atoms with E-state index in [-0.39, 0.29) is 18.1 Å². The first-order valence-corrected chi connectivity index (χ1v) is 5.31. The summed E-state index contributed by atoms with van der Waals surface area (Å²) in [7, 11) is 0. The van der Waals surface area contributed by atoms with Gasteiger partial charge in [0.15, 0.2) is 0 Å². The van der Waals surface area contributed by atoms with Crippen LogP contribution in [-0.4, -0.2) is 46.3 Å². The van der Waals surface area contributed by atoms with Crippen molar-refractivity contribution in [3.05, 3.63) is 11.8 Å². The summed E-state index contributed by atoms with van der Waals surface area (Å²) < 4.78 is 5.57. The molecule has 0 saturated carbocycles. The van der Waals surface area contributed by atoms with E-state index in [0.29, 0.717) is 24.5 Å². The average Bonchev–Trinajstić information content (AvgIpc) is 2.62. The number of carbonyl (C=O) groups excluding carboxylic acids is 1. The largest absolute Gasteiger partial charge is 0.383 e. The predicted molar refractivity (Wildman–Crippen MR) is 58.9 cm³/mol. The number of ether oxygens (including phenoxy) is 1. The van der Waals surface area contributed by atoms with Gasteiger partial charge in [0.25, 0.3) is 5.91 Å². The lowest BCUT2D eigenvalue weighted by molar-refractivity contribution is -0.0585. The highest BCUT2D eigenvalue weighted by Gasteiger charge is 2.27. The molecule has 2 atom stereocenters. The minimum absolute atomic E-state index is 0.0563. The minimum atomic E-state index is -0.0896. The van der Waals surface area contributed by atoms with E-state index >= 15 is 0 Å². The number of hydrogen-bond donors (Lipinski definition) is 2. The van der Waals surface area contributed by atoms with Gasteiger partial charge in [-0.25, -0.2) is 0 Å². The predicted octanol–water partition coefficient (Wildman–Crippen LogP) is 0.241. The number of nitrogens with zero attached hydrogens (tertiary/aromatic N) is 2. The summed E-state index contributed by atoms with van der Waals surface area (Å²) in [5, 5.41) is 6.31. The highest BCUT2D eigenvalue weighted by Crippen LogP contribution is 2.16. The van der Waals surface area contributed by atoms with Crippen molar-refractivity contribution in [3.8, 4) is 0 Å². The van der Waals surface area contributed by atoms with Crippen LogP contribution in [0.2, 0.25) is 0 Å². The van der Waals surface area contributed by atoms with Crippen LogP contribution < -0.4 is 5.73 Å². The van der Waals surface area contributed by atoms with Gasteiger partial charge >= 0.3 is 0 Å². The number of aromatic amines is 1. The molecule has 1 aromatic heterocycles. The molecule has 0 spiro atoms. The monoisotopic (exact) mass is 224 g/mol. The van der Waals surface area contributed by atoms with Crippen molar-refractivity contribution < 1.29 is 9.53 Å². The van der Waals surface area contributed by atoms with Crippen LogP contribution >= 0.6 is 0 Å². The third-order valence-electron chi connectivity index (χ3n) is 2.61. The van der Waals surface area contributed by atoms with Gasteiger partial charge in [-0.3, -0.25) is 9.89 Å². The molecule has 16 heavy (non-hydrogen) atoms. The summed E-state index contributed by atoms with van der Waals surface area (Å²) in [6, 6.07) is 0. The lowest BCUT2D eigenvalue weighted by Crippen LogP contribution is -2.48. The SMILES string of the molecule is C[C@@H]1CN(C(=O)c2cn[nH]c2N)C[C@H](C)O1. The van der Waals surface area contributed by atoms with Crippen LogP contribution in [0.1, 0.15) is 24.2 Å². The van der Waals surface area contributed by atoms with E-state index in [9.17, 15) is 4.79 Å². The maximum absolute atomic E-state index is 12.1. The van der Waals surface area contributed by atoms with Crippen LogP contribution in [0.3, 0.4) is 0 Å². The molecule has 6 heteroatoms. The fourth-order valence-electron chi connectivity index (χ4n) is 1.98. The first-order chi connectivity index (χ1) is 7.58. The Morgan fingerprint density at radius 2 is 2.19 bits per heavy atom. The number of carbonyl (C=O) groups is 1. The molecular formula is C10H16N4O2. The zero-order valence-corrected chi connectivity index (χ0v) is 9.43. The quantitative estimate of drug-likeness (QED) is 0.715. The van der Waals surface area contributed by atoms with Crippen molar-refractivity contribution in [2.75, 3.05) is 18.8 Å². The number of morpholine rings is 1. The Hall–Kier alpha value is -1.56. The van der Waals surface area contributed by atoms with Crippen LogP contribution in [0.25, 0.3) is 0 Å². The molecule has 1 saturated heterocycles. The standard InChI is InChI=1S/C10H16N4O2/c1-6-4-14(5-7(2)16-6)10(15)8-3-12-13-9(8)11/h3,6-7H,4-5H2,1-2H3,(H3,11,12,13)/t6-,7+. The van der Waals surface area contributed by atoms with E-state index in [1.807, 2.05) is 13.8 Å². The van der Waals surface area contributed by atoms with Crippen LogP contribution in [0.5, 0.6) is 0 Å². The van der Waals surface area contributed by atoms with Gasteiger partial charge in [0.1, 0.15) is 11.4 Å². The molecule has 1 aromatic rings. The van der Waals surface area contributed by atoms with E-state index in [4.69, 9.17) is 10.5 Å². The molecule has 0 radical (unpaired) electrons. The molecule has 0 bridgehead atoms. The Morgan fingerprint density at radius 3 is 2.69 bits per heavy atom. The highest BCUT2D eigenvalue weighted by atomic mass is 16.5. The third kappa shape index (κ3) is 2.01. The van der Waals surface area contributed by atoms with Crippen molar-refractivity contribution >= 4 is 11.7 Å². The van der Waals surface area contributed by atoms with Crippen molar-refractivity contribution in [2.45, 2.75) is 26.1 Å². The molecule has 0 unspecified atom stereocenters. The van der Waals surface area contributed by atoms with E-state index in [1.165, 1.54) is 6.20 Å². The average molecular weight is 224 g/mol. The summed E-state index contributed by atoms with van der Waals surface area (Å²) >= 11 is 0. The number of H-pyrrole nitrogens is 1. The van der Waals surface area contributed by atoms with Gasteiger partial charge in [-0.2, -0.15) is 5.10 Å². The van der Waals surface area contributed by atoms with E-state index in [2.05, 4.69) is 10.2 Å². The second-order valence-electron chi connectivity index (χ2n) is 4.16. The number of rotatable bonds is 1. The lowest BCUT2D eigenvalue weighted by atomic mass is 10.2. The van der Waals surface area contributed by atoms with Crippen molar-refractivity contribution in [1.82, 2.24) is 15.1 Å². The van der Waals surface area contributed by atoms with Crippen molar-refractivity contribution in [3.63, 3.8) is 0 Å². The number of nitrogens with one attached hydrogen (secondary N) is 1. The number of aromatic nitrogens is 2. The first-order valence-electron chi connectivity index (χ1n) is 5.31. The Bertz CT molecular complexity index is 380. The first kappa shape index (κ1) is 10.9. The van der Waals surface area contributed by atoms with Gasteiger partial charge in [0.05, 0.1) is 18.4 Å². The zero-order valence-electron chi connectivity index (χ0n) is 9.43. The highest BCUT2D eigenvalue weighted by molar-refractivity contribution is 5.98. The number of nitrogens with two attached hydrogens (primary N) is 1. The summed E-state index contributed by atoms with van der Waals surface area (Å²) in [5.74, 6) is 0.227. The molecule has 6 nitrogen and oxygen atoms in total. The van der Waals surface area contributed by atoms with E-state index < -0.39 is 0 Å². The molecule has 88 valence electrons. The molecule has 1 fully saturated rings. The molecule has 2 heterocycles. The molecule has 0 aromatic carbocycles. The molecule has 1 amide bonds. The number of amides is 1. The van der Waals surface area contributed by atoms with Gasteiger partial charge in [-0.1, -0.05) is 0 Å². The Morgan fingerprint density at radius 1 is 1.56 bits per heavy atom. The van der Waals surface area contributed by atoms with Gasteiger partial charge in [0.2, 0.25) is 0 Å². The minimum Gasteiger partial charge on any atom is -0.383 e. The fraction of sp³-hybridized carbons (Fsp3) is 0.600. The third-order valence-corrected chi connectivity index (χ3v) is 2.61. The molecule has 0 aliphatic carbocycles. The van der Waals surface area contributed by atoms with Gasteiger partial charge in [-0.05, 0) is 13.8 Å². The molecule has 1 aliphatic heterocycles. The normalized spacial score (nSPS) is 25.8. The number of anilines is 1. The van der Waals surface area contributed by atoms with E-state index in [1.54, 1.807) is 4.90 Å². The van der Waals surface area contributed by atoms with Crippen LogP contribution in [0.15, 0.2) is 6.20 Å². The van der Waals surface area contributed by atoms with Crippen LogP contribution in [0, 0.1) is 0 Å². The molecule has 1 aliphatic rings. The van der Waals surface area contributed by atoms with E-state index in [0.717, 1.165) is 0 Å². The summed E-state index contributed by atoms with van der Waals surface area (Å²) in [6.45, 7) is 5.09. The summed E-state index contributed by atoms with van der Waals surface area (Å²) in [5.41, 5.74) is 6.05. The molecular weight excluding hydrogens is 208 g/mol. The summed E-state index contributed by atoms with van der Waals surface area (Å²) in [4.78, 5) is 13.9. The van der Waals surface area contributed by atoms with Crippen molar-refractivity contribution in [1.29, 1.82) is 0 Å². The maximum Gasteiger partial charge on any atom is 0.259 e. The Balaban J connectivity index is 2.13. The molecule has 2 rings (SSSR count). The van der Waals surface area contributed by atoms with Crippen LogP contribution in [-0.2, 0) is 4.74 Å². The van der Waals surface area contributed by atoms with Crippen LogP contribution in [0.4, 0.5) is 5.82 Å². The zero-order chi connectivity index (χ0) is 11.7. The number of hydrogen-bond acceptors (Lipinski definition) is 4. The summed E-state index contributed by atoms with van der Waals surface area (Å²) in [6.07, 6.45) is 1.57. The van der Waals surface area contributed by atoms with Crippen molar-refractivity contribution in [2.24, 2.45) is 0 Å². The second-order valence-corrected chi connectivity index (χ2v) is 4.16. The topological polar surface area (TPSA) is 84.2 Å². The van der Waals surface area contributed by atoms with Gasteiger partial charge in [-0.15, -0.1) is 0 Å². The number of nitrogen functional groups attached to an aromatic ring is 1.